The highest BCUT2D eigenvalue weighted by Crippen LogP contribution is 2.36. The van der Waals surface area contributed by atoms with E-state index in [1.165, 1.54) is 54.2 Å². The summed E-state index contributed by atoms with van der Waals surface area (Å²) in [4.78, 5) is 8.72. The molecule has 2 aliphatic rings. The molecule has 0 amide bonds. The van der Waals surface area contributed by atoms with Crippen LogP contribution in [0.2, 0.25) is 0 Å². The minimum Gasteiger partial charge on any atom is -0.376 e. The Bertz CT molecular complexity index is 456. The molecule has 0 saturated carbocycles. The predicted molar refractivity (Wildman–Crippen MR) is 88.3 cm³/mol. The van der Waals surface area contributed by atoms with E-state index in [0.717, 1.165) is 19.7 Å². The van der Waals surface area contributed by atoms with Crippen LogP contribution < -0.4 is 10.2 Å². The molecular formula is C16H27N3OS. The molecule has 1 aromatic rings. The average Bonchev–Trinajstić information content (AvgIpc) is 2.94. The second-order valence-corrected chi connectivity index (χ2v) is 7.24. The molecule has 1 fully saturated rings. The molecule has 4 nitrogen and oxygen atoms in total. The van der Waals surface area contributed by atoms with E-state index >= 15 is 0 Å². The zero-order chi connectivity index (χ0) is 14.7. The van der Waals surface area contributed by atoms with Crippen molar-refractivity contribution in [1.82, 2.24) is 10.3 Å². The highest BCUT2D eigenvalue weighted by Gasteiger charge is 2.26. The van der Waals surface area contributed by atoms with Gasteiger partial charge in [-0.05, 0) is 45.1 Å². The van der Waals surface area contributed by atoms with Gasteiger partial charge in [-0.25, -0.2) is 4.98 Å². The van der Waals surface area contributed by atoms with Crippen molar-refractivity contribution in [3.63, 3.8) is 0 Å². The van der Waals surface area contributed by atoms with Crippen molar-refractivity contribution in [2.45, 2.75) is 57.6 Å². The molecule has 5 heteroatoms. The molecule has 1 aliphatic heterocycles. The quantitative estimate of drug-likeness (QED) is 0.907. The standard InChI is InChI=1S/C16H27N3OS/c1-3-17-13-8-6-9-14-15(13)18-16(21-14)19(2)11-12-7-4-5-10-20-12/h12-13,17H,3-11H2,1-2H3. The highest BCUT2D eigenvalue weighted by atomic mass is 32.1. The second kappa shape index (κ2) is 7.07. The summed E-state index contributed by atoms with van der Waals surface area (Å²) in [5.41, 5.74) is 1.31. The van der Waals surface area contributed by atoms with E-state index < -0.39 is 0 Å². The molecule has 1 aromatic heterocycles. The van der Waals surface area contributed by atoms with E-state index in [2.05, 4.69) is 24.2 Å². The summed E-state index contributed by atoms with van der Waals surface area (Å²) < 4.78 is 5.85. The third-order valence-electron chi connectivity index (χ3n) is 4.47. The minimum atomic E-state index is 0.384. The van der Waals surface area contributed by atoms with Crippen molar-refractivity contribution in [1.29, 1.82) is 0 Å². The SMILES string of the molecule is CCNC1CCCc2sc(N(C)CC3CCCCO3)nc21. The van der Waals surface area contributed by atoms with E-state index in [0.29, 0.717) is 12.1 Å². The van der Waals surface area contributed by atoms with Crippen molar-refractivity contribution in [2.24, 2.45) is 0 Å². The largest absolute Gasteiger partial charge is 0.376 e. The molecule has 0 radical (unpaired) electrons. The highest BCUT2D eigenvalue weighted by molar-refractivity contribution is 7.15. The van der Waals surface area contributed by atoms with Crippen LogP contribution >= 0.6 is 11.3 Å². The molecule has 2 unspecified atom stereocenters. The number of nitrogens with zero attached hydrogens (tertiary/aromatic N) is 2. The van der Waals surface area contributed by atoms with Gasteiger partial charge in [0.05, 0.1) is 17.8 Å². The maximum Gasteiger partial charge on any atom is 0.185 e. The summed E-state index contributed by atoms with van der Waals surface area (Å²) >= 11 is 1.88. The Morgan fingerprint density at radius 2 is 2.24 bits per heavy atom. The fourth-order valence-electron chi connectivity index (χ4n) is 3.35. The molecule has 0 spiro atoms. The van der Waals surface area contributed by atoms with Gasteiger partial charge in [0.15, 0.2) is 5.13 Å². The van der Waals surface area contributed by atoms with Crippen molar-refractivity contribution < 1.29 is 4.74 Å². The van der Waals surface area contributed by atoms with E-state index in [-0.39, 0.29) is 0 Å². The van der Waals surface area contributed by atoms with Gasteiger partial charge in [-0.3, -0.25) is 0 Å². The van der Waals surface area contributed by atoms with Crippen LogP contribution in [-0.4, -0.2) is 37.8 Å². The lowest BCUT2D eigenvalue weighted by Crippen LogP contribution is -2.33. The van der Waals surface area contributed by atoms with Gasteiger partial charge in [-0.1, -0.05) is 6.92 Å². The van der Waals surface area contributed by atoms with Crippen molar-refractivity contribution in [3.05, 3.63) is 10.6 Å². The molecule has 3 rings (SSSR count). The van der Waals surface area contributed by atoms with Crippen LogP contribution in [0.3, 0.4) is 0 Å². The van der Waals surface area contributed by atoms with Gasteiger partial charge in [0.2, 0.25) is 0 Å². The second-order valence-electron chi connectivity index (χ2n) is 6.18. The average molecular weight is 309 g/mol. The smallest absolute Gasteiger partial charge is 0.185 e. The Labute approximate surface area is 131 Å². The lowest BCUT2D eigenvalue weighted by atomic mass is 9.98. The van der Waals surface area contributed by atoms with Gasteiger partial charge < -0.3 is 15.0 Å². The first kappa shape index (κ1) is 15.3. The van der Waals surface area contributed by atoms with Crippen molar-refractivity contribution in [3.8, 4) is 0 Å². The number of nitrogens with one attached hydrogen (secondary N) is 1. The number of ether oxygens (including phenoxy) is 1. The predicted octanol–water partition coefficient (Wildman–Crippen LogP) is 3.14. The molecule has 21 heavy (non-hydrogen) atoms. The number of anilines is 1. The molecule has 1 N–H and O–H groups in total. The molecule has 0 bridgehead atoms. The van der Waals surface area contributed by atoms with Gasteiger partial charge in [0.1, 0.15) is 0 Å². The molecular weight excluding hydrogens is 282 g/mol. The number of thiazole rings is 1. The summed E-state index contributed by atoms with van der Waals surface area (Å²) in [5, 5.41) is 4.74. The van der Waals surface area contributed by atoms with E-state index in [1.54, 1.807) is 0 Å². The van der Waals surface area contributed by atoms with E-state index in [9.17, 15) is 0 Å². The Balaban J connectivity index is 1.67. The fraction of sp³-hybridized carbons (Fsp3) is 0.812. The number of rotatable bonds is 5. The molecule has 1 aliphatic carbocycles. The van der Waals surface area contributed by atoms with Gasteiger partial charge >= 0.3 is 0 Å². The zero-order valence-electron chi connectivity index (χ0n) is 13.2. The molecule has 1 saturated heterocycles. The summed E-state index contributed by atoms with van der Waals surface area (Å²) in [7, 11) is 2.16. The van der Waals surface area contributed by atoms with Gasteiger partial charge in [-0.2, -0.15) is 0 Å². The Kier molecular flexibility index (Phi) is 5.14. The first-order chi connectivity index (χ1) is 10.3. The lowest BCUT2D eigenvalue weighted by Gasteiger charge is -2.27. The van der Waals surface area contributed by atoms with Crippen LogP contribution in [0.15, 0.2) is 0 Å². The van der Waals surface area contributed by atoms with Crippen LogP contribution in [0.25, 0.3) is 0 Å². The van der Waals surface area contributed by atoms with Gasteiger partial charge in [0, 0.05) is 25.1 Å². The van der Waals surface area contributed by atoms with E-state index in [4.69, 9.17) is 9.72 Å². The lowest BCUT2D eigenvalue weighted by molar-refractivity contribution is 0.0216. The number of aryl methyl sites for hydroxylation is 1. The summed E-state index contributed by atoms with van der Waals surface area (Å²) in [5.74, 6) is 0. The van der Waals surface area contributed by atoms with Crippen LogP contribution in [0.1, 0.15) is 55.6 Å². The van der Waals surface area contributed by atoms with Crippen LogP contribution in [-0.2, 0) is 11.2 Å². The summed E-state index contributed by atoms with van der Waals surface area (Å²) in [6.45, 7) is 5.09. The molecule has 0 aromatic carbocycles. The fourth-order valence-corrected chi connectivity index (χ4v) is 4.48. The first-order valence-corrected chi connectivity index (χ1v) is 9.15. The van der Waals surface area contributed by atoms with Crippen molar-refractivity contribution in [2.75, 3.05) is 31.6 Å². The maximum absolute atomic E-state index is 5.85. The summed E-state index contributed by atoms with van der Waals surface area (Å²) in [6.07, 6.45) is 7.79. The first-order valence-electron chi connectivity index (χ1n) is 8.33. The third-order valence-corrected chi connectivity index (χ3v) is 5.72. The van der Waals surface area contributed by atoms with Crippen LogP contribution in [0, 0.1) is 0 Å². The third kappa shape index (κ3) is 3.58. The molecule has 2 heterocycles. The number of hydrogen-bond donors (Lipinski definition) is 1. The summed E-state index contributed by atoms with van der Waals surface area (Å²) in [6, 6.07) is 0.461. The number of hydrogen-bond acceptors (Lipinski definition) is 5. The Morgan fingerprint density at radius 3 is 3.00 bits per heavy atom. The maximum atomic E-state index is 5.85. The van der Waals surface area contributed by atoms with Crippen LogP contribution in [0.5, 0.6) is 0 Å². The van der Waals surface area contributed by atoms with Crippen LogP contribution in [0.4, 0.5) is 5.13 Å². The Hall–Kier alpha value is -0.650. The number of fused-ring (bicyclic) bond motifs is 1. The van der Waals surface area contributed by atoms with E-state index in [1.807, 2.05) is 11.3 Å². The monoisotopic (exact) mass is 309 g/mol. The zero-order valence-corrected chi connectivity index (χ0v) is 14.0. The minimum absolute atomic E-state index is 0.384. The normalized spacial score (nSPS) is 25.6. The number of aromatic nitrogens is 1. The Morgan fingerprint density at radius 1 is 1.33 bits per heavy atom. The van der Waals surface area contributed by atoms with Gasteiger partial charge in [-0.15, -0.1) is 11.3 Å². The van der Waals surface area contributed by atoms with Crippen molar-refractivity contribution >= 4 is 16.5 Å². The topological polar surface area (TPSA) is 37.4 Å². The molecule has 2 atom stereocenters. The van der Waals surface area contributed by atoms with Gasteiger partial charge in [0.25, 0.3) is 0 Å². The number of likely N-dealkylation sites (N-methyl/N-ethyl adjacent to an activating group) is 1. The molecule has 118 valence electrons.